The number of benzene rings is 3. The van der Waals surface area contributed by atoms with E-state index >= 15 is 0 Å². The van der Waals surface area contributed by atoms with Gasteiger partial charge >= 0.3 is 6.09 Å². The van der Waals surface area contributed by atoms with Crippen LogP contribution >= 0.6 is 0 Å². The second-order valence-electron chi connectivity index (χ2n) is 8.13. The Kier molecular flexibility index (Phi) is 5.67. The molecule has 6 nitrogen and oxygen atoms in total. The van der Waals surface area contributed by atoms with Gasteiger partial charge in [0.1, 0.15) is 12.4 Å². The number of fused-ring (bicyclic) bond motifs is 3. The fraction of sp³-hybridized carbons (Fsp3) is 0.185. The van der Waals surface area contributed by atoms with E-state index in [1.54, 1.807) is 10.7 Å². The van der Waals surface area contributed by atoms with Crippen LogP contribution in [0.4, 0.5) is 10.6 Å². The fourth-order valence-electron chi connectivity index (χ4n) is 4.51. The van der Waals surface area contributed by atoms with Crippen molar-refractivity contribution in [1.29, 1.82) is 0 Å². The van der Waals surface area contributed by atoms with Gasteiger partial charge in [-0.25, -0.2) is 9.48 Å². The van der Waals surface area contributed by atoms with Crippen LogP contribution in [0, 0.1) is 6.92 Å². The number of aromatic nitrogens is 2. The molecule has 1 heterocycles. The maximum atomic E-state index is 12.7. The number of ether oxygens (including phenoxy) is 1. The summed E-state index contributed by atoms with van der Waals surface area (Å²) in [4.78, 5) is 12.7. The quantitative estimate of drug-likeness (QED) is 0.432. The third-order valence-electron chi connectivity index (χ3n) is 6.09. The number of aliphatic hydroxyl groups excluding tert-OH is 1. The number of aliphatic hydroxyl groups is 1. The Morgan fingerprint density at radius 3 is 2.21 bits per heavy atom. The van der Waals surface area contributed by atoms with E-state index in [2.05, 4.69) is 34.7 Å². The maximum absolute atomic E-state index is 12.7. The average molecular weight is 440 g/mol. The van der Waals surface area contributed by atoms with Gasteiger partial charge in [-0.2, -0.15) is 5.10 Å². The third kappa shape index (κ3) is 4.01. The molecule has 1 aliphatic rings. The van der Waals surface area contributed by atoms with E-state index in [9.17, 15) is 9.90 Å². The first-order valence-electron chi connectivity index (χ1n) is 11.0. The van der Waals surface area contributed by atoms with Gasteiger partial charge in [-0.3, -0.25) is 5.32 Å². The number of aryl methyl sites for hydroxylation is 1. The predicted molar refractivity (Wildman–Crippen MR) is 128 cm³/mol. The number of nitrogens with zero attached hydrogens (tertiary/aromatic N) is 2. The highest BCUT2D eigenvalue weighted by atomic mass is 16.5. The molecule has 0 saturated heterocycles. The second kappa shape index (κ2) is 8.92. The third-order valence-corrected chi connectivity index (χ3v) is 6.09. The minimum absolute atomic E-state index is 0.00645. The van der Waals surface area contributed by atoms with Gasteiger partial charge in [0.25, 0.3) is 0 Å². The SMILES string of the molecule is Cc1ccccc1-c1cc(NC(=O)OCC2c3ccccc3-c3ccccc32)n(CCO)n1. The van der Waals surface area contributed by atoms with Gasteiger partial charge in [-0.1, -0.05) is 72.8 Å². The van der Waals surface area contributed by atoms with Crippen LogP contribution in [0.1, 0.15) is 22.6 Å². The Bertz CT molecular complexity index is 1270. The lowest BCUT2D eigenvalue weighted by Gasteiger charge is -2.15. The summed E-state index contributed by atoms with van der Waals surface area (Å²) in [6.45, 7) is 2.43. The minimum atomic E-state index is -0.549. The summed E-state index contributed by atoms with van der Waals surface area (Å²) in [5.41, 5.74) is 7.49. The van der Waals surface area contributed by atoms with E-state index in [1.165, 1.54) is 22.3 Å². The highest BCUT2D eigenvalue weighted by Gasteiger charge is 2.29. The minimum Gasteiger partial charge on any atom is -0.448 e. The molecule has 0 fully saturated rings. The lowest BCUT2D eigenvalue weighted by Crippen LogP contribution is -2.20. The van der Waals surface area contributed by atoms with E-state index in [-0.39, 0.29) is 25.7 Å². The van der Waals surface area contributed by atoms with Crippen LogP contribution in [-0.2, 0) is 11.3 Å². The lowest BCUT2D eigenvalue weighted by atomic mass is 9.98. The zero-order chi connectivity index (χ0) is 22.8. The van der Waals surface area contributed by atoms with Crippen LogP contribution in [0.5, 0.6) is 0 Å². The Morgan fingerprint density at radius 1 is 0.970 bits per heavy atom. The molecule has 0 radical (unpaired) electrons. The molecule has 0 atom stereocenters. The highest BCUT2D eigenvalue weighted by Crippen LogP contribution is 2.44. The Hall–Kier alpha value is -3.90. The van der Waals surface area contributed by atoms with Crippen molar-refractivity contribution in [3.05, 3.63) is 95.6 Å². The Labute approximate surface area is 192 Å². The number of rotatable bonds is 6. The fourth-order valence-corrected chi connectivity index (χ4v) is 4.51. The van der Waals surface area contributed by atoms with Crippen LogP contribution in [0.3, 0.4) is 0 Å². The number of carbonyl (C=O) groups excluding carboxylic acids is 1. The first kappa shape index (κ1) is 21.0. The molecule has 3 aromatic carbocycles. The standard InChI is InChI=1S/C27H25N3O3/c1-18-8-2-3-9-19(18)25-16-26(30(29-25)14-15-31)28-27(32)33-17-24-22-12-6-4-10-20(22)21-11-5-7-13-23(21)24/h2-13,16,24,31H,14-15,17H2,1H3,(H,28,32). The van der Waals surface area contributed by atoms with Gasteiger partial charge in [-0.15, -0.1) is 0 Å². The van der Waals surface area contributed by atoms with Crippen LogP contribution in [0.25, 0.3) is 22.4 Å². The van der Waals surface area contributed by atoms with Crippen molar-refractivity contribution < 1.29 is 14.6 Å². The van der Waals surface area contributed by atoms with Gasteiger partial charge in [0.15, 0.2) is 0 Å². The van der Waals surface area contributed by atoms with Crippen molar-refractivity contribution in [2.75, 3.05) is 18.5 Å². The largest absolute Gasteiger partial charge is 0.448 e. The summed E-state index contributed by atoms with van der Waals surface area (Å²) in [6, 6.07) is 26.2. The van der Waals surface area contributed by atoms with Crippen LogP contribution in [-0.4, -0.2) is 34.2 Å². The monoisotopic (exact) mass is 439 g/mol. The molecule has 0 aliphatic heterocycles. The van der Waals surface area contributed by atoms with Crippen molar-refractivity contribution in [2.24, 2.45) is 0 Å². The summed E-state index contributed by atoms with van der Waals surface area (Å²) in [6.07, 6.45) is -0.549. The number of hydrogen-bond acceptors (Lipinski definition) is 4. The van der Waals surface area contributed by atoms with Crippen molar-refractivity contribution in [1.82, 2.24) is 9.78 Å². The molecule has 0 bridgehead atoms. The molecule has 5 rings (SSSR count). The molecule has 1 amide bonds. The van der Waals surface area contributed by atoms with Crippen molar-refractivity contribution >= 4 is 11.9 Å². The van der Waals surface area contributed by atoms with E-state index in [0.717, 1.165) is 16.8 Å². The summed E-state index contributed by atoms with van der Waals surface area (Å²) in [7, 11) is 0. The smallest absolute Gasteiger partial charge is 0.412 e. The topological polar surface area (TPSA) is 76.4 Å². The number of anilines is 1. The molecule has 166 valence electrons. The zero-order valence-corrected chi connectivity index (χ0v) is 18.4. The first-order valence-corrected chi connectivity index (χ1v) is 11.0. The van der Waals surface area contributed by atoms with Crippen molar-refractivity contribution in [3.8, 4) is 22.4 Å². The van der Waals surface area contributed by atoms with Crippen LogP contribution in [0.2, 0.25) is 0 Å². The summed E-state index contributed by atoms with van der Waals surface area (Å²) >= 11 is 0. The first-order chi connectivity index (χ1) is 16.2. The maximum Gasteiger partial charge on any atom is 0.412 e. The number of hydrogen-bond donors (Lipinski definition) is 2. The van der Waals surface area contributed by atoms with Crippen molar-refractivity contribution in [2.45, 2.75) is 19.4 Å². The van der Waals surface area contributed by atoms with Crippen LogP contribution < -0.4 is 5.32 Å². The summed E-state index contributed by atoms with van der Waals surface area (Å²) < 4.78 is 7.25. The average Bonchev–Trinajstić information content (AvgIpc) is 3.37. The van der Waals surface area contributed by atoms with E-state index in [1.807, 2.05) is 55.5 Å². The van der Waals surface area contributed by atoms with E-state index in [4.69, 9.17) is 4.74 Å². The lowest BCUT2D eigenvalue weighted by molar-refractivity contribution is 0.158. The number of carbonyl (C=O) groups is 1. The molecular weight excluding hydrogens is 414 g/mol. The molecule has 0 spiro atoms. The molecular formula is C27H25N3O3. The number of nitrogens with one attached hydrogen (secondary N) is 1. The van der Waals surface area contributed by atoms with Crippen molar-refractivity contribution in [3.63, 3.8) is 0 Å². The van der Waals surface area contributed by atoms with Gasteiger partial charge < -0.3 is 9.84 Å². The van der Waals surface area contributed by atoms with Gasteiger partial charge in [0.05, 0.1) is 18.8 Å². The van der Waals surface area contributed by atoms with E-state index in [0.29, 0.717) is 5.82 Å². The molecule has 6 heteroatoms. The molecule has 1 aromatic heterocycles. The molecule has 33 heavy (non-hydrogen) atoms. The Morgan fingerprint density at radius 2 is 1.58 bits per heavy atom. The Balaban J connectivity index is 1.33. The van der Waals surface area contributed by atoms with Crippen LogP contribution in [0.15, 0.2) is 78.9 Å². The molecule has 0 saturated carbocycles. The summed E-state index contributed by atoms with van der Waals surface area (Å²) in [5.74, 6) is 0.479. The zero-order valence-electron chi connectivity index (χ0n) is 18.4. The van der Waals surface area contributed by atoms with Gasteiger partial charge in [-0.05, 0) is 34.7 Å². The molecule has 4 aromatic rings. The summed E-state index contributed by atoms with van der Waals surface area (Å²) in [5, 5.41) is 16.8. The van der Waals surface area contributed by atoms with E-state index < -0.39 is 6.09 Å². The van der Waals surface area contributed by atoms with Gasteiger partial charge in [0, 0.05) is 17.5 Å². The highest BCUT2D eigenvalue weighted by molar-refractivity contribution is 5.85. The van der Waals surface area contributed by atoms with Gasteiger partial charge in [0.2, 0.25) is 0 Å². The molecule has 0 unspecified atom stereocenters. The number of amides is 1. The molecule has 2 N–H and O–H groups in total. The molecule has 1 aliphatic carbocycles. The predicted octanol–water partition coefficient (Wildman–Crippen LogP) is 5.21. The second-order valence-corrected chi connectivity index (χ2v) is 8.13. The normalized spacial score (nSPS) is 12.3.